The van der Waals surface area contributed by atoms with Crippen molar-refractivity contribution in [3.63, 3.8) is 0 Å². The van der Waals surface area contributed by atoms with E-state index in [1.807, 2.05) is 0 Å². The average molecular weight is 377 g/mol. The topological polar surface area (TPSA) is 32.3 Å². The first kappa shape index (κ1) is 14.5. The first-order valence-corrected chi connectivity index (χ1v) is 8.07. The van der Waals surface area contributed by atoms with E-state index in [1.54, 1.807) is 0 Å². The molecule has 2 N–H and O–H groups in total. The molecule has 4 heteroatoms. The van der Waals surface area contributed by atoms with Crippen LogP contribution in [-0.4, -0.2) is 17.8 Å². The van der Waals surface area contributed by atoms with Crippen LogP contribution in [0.25, 0.3) is 0 Å². The number of benzene rings is 1. The van der Waals surface area contributed by atoms with Crippen LogP contribution in [0.4, 0.5) is 0 Å². The van der Waals surface area contributed by atoms with Crippen molar-refractivity contribution in [1.29, 1.82) is 0 Å². The van der Waals surface area contributed by atoms with Gasteiger partial charge in [0.1, 0.15) is 0 Å². The standard InChI is InChI=1S/C14H19Br2NO/c15-12-6-5-10(7-13(12)16)8-17-14-4-2-1-3-11(14)9-18/h5-7,11,14,17-18H,1-4,8-9H2. The Kier molecular flexibility index (Phi) is 5.67. The van der Waals surface area contributed by atoms with Gasteiger partial charge >= 0.3 is 0 Å². The number of rotatable bonds is 4. The summed E-state index contributed by atoms with van der Waals surface area (Å²) in [5, 5.41) is 13.0. The molecule has 0 radical (unpaired) electrons. The molecule has 2 unspecified atom stereocenters. The summed E-state index contributed by atoms with van der Waals surface area (Å²) in [4.78, 5) is 0. The highest BCUT2D eigenvalue weighted by atomic mass is 79.9. The van der Waals surface area contributed by atoms with Crippen LogP contribution in [0.15, 0.2) is 27.1 Å². The fourth-order valence-electron chi connectivity index (χ4n) is 2.59. The van der Waals surface area contributed by atoms with Gasteiger partial charge in [0, 0.05) is 28.1 Å². The minimum atomic E-state index is 0.307. The lowest BCUT2D eigenvalue weighted by Crippen LogP contribution is -2.39. The van der Waals surface area contributed by atoms with Gasteiger partial charge in [-0.3, -0.25) is 0 Å². The Morgan fingerprint density at radius 3 is 2.67 bits per heavy atom. The van der Waals surface area contributed by atoms with Gasteiger partial charge in [-0.05, 0) is 68.3 Å². The molecule has 1 fully saturated rings. The Labute approximate surface area is 125 Å². The van der Waals surface area contributed by atoms with Crippen molar-refractivity contribution in [2.75, 3.05) is 6.61 Å². The lowest BCUT2D eigenvalue weighted by molar-refractivity contribution is 0.152. The third kappa shape index (κ3) is 3.80. The third-order valence-electron chi connectivity index (χ3n) is 3.70. The molecule has 18 heavy (non-hydrogen) atoms. The van der Waals surface area contributed by atoms with Gasteiger partial charge in [0.15, 0.2) is 0 Å². The molecule has 1 aromatic carbocycles. The Morgan fingerprint density at radius 2 is 1.94 bits per heavy atom. The molecule has 0 amide bonds. The zero-order valence-corrected chi connectivity index (χ0v) is 13.5. The Bertz CT molecular complexity index is 397. The predicted molar refractivity (Wildman–Crippen MR) is 81.5 cm³/mol. The van der Waals surface area contributed by atoms with Gasteiger partial charge < -0.3 is 10.4 Å². The molecule has 0 aromatic heterocycles. The quantitative estimate of drug-likeness (QED) is 0.836. The second-order valence-electron chi connectivity index (χ2n) is 4.96. The van der Waals surface area contributed by atoms with E-state index in [0.717, 1.165) is 21.9 Å². The summed E-state index contributed by atoms with van der Waals surface area (Å²) in [5.74, 6) is 0.428. The minimum Gasteiger partial charge on any atom is -0.396 e. The van der Waals surface area contributed by atoms with Gasteiger partial charge in [-0.25, -0.2) is 0 Å². The van der Waals surface area contributed by atoms with Crippen LogP contribution in [0.5, 0.6) is 0 Å². The molecule has 1 saturated carbocycles. The molecule has 100 valence electrons. The van der Waals surface area contributed by atoms with Crippen LogP contribution < -0.4 is 5.32 Å². The number of halogens is 2. The number of aliphatic hydroxyl groups is 1. The number of nitrogens with one attached hydrogen (secondary N) is 1. The van der Waals surface area contributed by atoms with E-state index >= 15 is 0 Å². The number of hydrogen-bond donors (Lipinski definition) is 2. The SMILES string of the molecule is OCC1CCCCC1NCc1ccc(Br)c(Br)c1. The Morgan fingerprint density at radius 1 is 1.17 bits per heavy atom. The van der Waals surface area contributed by atoms with E-state index in [0.29, 0.717) is 18.6 Å². The van der Waals surface area contributed by atoms with Crippen LogP contribution in [0.3, 0.4) is 0 Å². The van der Waals surface area contributed by atoms with Crippen LogP contribution in [-0.2, 0) is 6.54 Å². The smallest absolute Gasteiger partial charge is 0.0474 e. The average Bonchev–Trinajstić information content (AvgIpc) is 2.40. The zero-order valence-electron chi connectivity index (χ0n) is 10.3. The van der Waals surface area contributed by atoms with Gasteiger partial charge in [0.05, 0.1) is 0 Å². The predicted octanol–water partition coefficient (Wildman–Crippen LogP) is 3.85. The maximum Gasteiger partial charge on any atom is 0.0474 e. The lowest BCUT2D eigenvalue weighted by atomic mass is 9.85. The van der Waals surface area contributed by atoms with E-state index < -0.39 is 0 Å². The Balaban J connectivity index is 1.91. The number of aliphatic hydroxyl groups excluding tert-OH is 1. The van der Waals surface area contributed by atoms with Crippen molar-refractivity contribution in [3.05, 3.63) is 32.7 Å². The van der Waals surface area contributed by atoms with E-state index in [2.05, 4.69) is 55.4 Å². The monoisotopic (exact) mass is 375 g/mol. The summed E-state index contributed by atoms with van der Waals surface area (Å²) in [5.41, 5.74) is 1.27. The summed E-state index contributed by atoms with van der Waals surface area (Å²) in [7, 11) is 0. The maximum absolute atomic E-state index is 9.39. The van der Waals surface area contributed by atoms with E-state index in [9.17, 15) is 5.11 Å². The number of hydrogen-bond acceptors (Lipinski definition) is 2. The molecule has 2 atom stereocenters. The zero-order chi connectivity index (χ0) is 13.0. The summed E-state index contributed by atoms with van der Waals surface area (Å²) in [6.07, 6.45) is 4.87. The van der Waals surface area contributed by atoms with Crippen LogP contribution in [0, 0.1) is 5.92 Å². The molecule has 1 aliphatic carbocycles. The van der Waals surface area contributed by atoms with Crippen molar-refractivity contribution in [2.45, 2.75) is 38.3 Å². The molecule has 1 aliphatic rings. The van der Waals surface area contributed by atoms with Crippen molar-refractivity contribution in [2.24, 2.45) is 5.92 Å². The van der Waals surface area contributed by atoms with Crippen molar-refractivity contribution >= 4 is 31.9 Å². The Hall–Kier alpha value is 0.1000. The van der Waals surface area contributed by atoms with Crippen molar-refractivity contribution in [1.82, 2.24) is 5.32 Å². The van der Waals surface area contributed by atoms with E-state index in [-0.39, 0.29) is 0 Å². The largest absolute Gasteiger partial charge is 0.396 e. The summed E-state index contributed by atoms with van der Waals surface area (Å²) in [6, 6.07) is 6.78. The highest BCUT2D eigenvalue weighted by molar-refractivity contribution is 9.13. The summed E-state index contributed by atoms with van der Waals surface area (Å²) < 4.78 is 2.17. The highest BCUT2D eigenvalue weighted by Gasteiger charge is 2.23. The molecule has 0 saturated heterocycles. The minimum absolute atomic E-state index is 0.307. The second-order valence-corrected chi connectivity index (χ2v) is 6.67. The second kappa shape index (κ2) is 7.04. The molecular weight excluding hydrogens is 358 g/mol. The van der Waals surface area contributed by atoms with Gasteiger partial charge in [-0.15, -0.1) is 0 Å². The van der Waals surface area contributed by atoms with Crippen molar-refractivity contribution < 1.29 is 5.11 Å². The molecule has 2 nitrogen and oxygen atoms in total. The van der Waals surface area contributed by atoms with Gasteiger partial charge in [-0.1, -0.05) is 18.9 Å². The van der Waals surface area contributed by atoms with Crippen molar-refractivity contribution in [3.8, 4) is 0 Å². The van der Waals surface area contributed by atoms with E-state index in [4.69, 9.17) is 0 Å². The fraction of sp³-hybridized carbons (Fsp3) is 0.571. The maximum atomic E-state index is 9.39. The molecule has 0 aliphatic heterocycles. The first-order valence-electron chi connectivity index (χ1n) is 6.49. The normalized spacial score (nSPS) is 24.2. The molecular formula is C14H19Br2NO. The van der Waals surface area contributed by atoms with Crippen LogP contribution in [0.1, 0.15) is 31.2 Å². The molecule has 2 rings (SSSR count). The molecule has 0 bridgehead atoms. The van der Waals surface area contributed by atoms with Gasteiger partial charge in [0.25, 0.3) is 0 Å². The molecule has 0 spiro atoms. The lowest BCUT2D eigenvalue weighted by Gasteiger charge is -2.31. The molecule has 1 aromatic rings. The molecule has 0 heterocycles. The highest BCUT2D eigenvalue weighted by Crippen LogP contribution is 2.26. The van der Waals surface area contributed by atoms with Crippen LogP contribution in [0.2, 0.25) is 0 Å². The first-order chi connectivity index (χ1) is 8.70. The summed E-state index contributed by atoms with van der Waals surface area (Å²) in [6.45, 7) is 1.18. The van der Waals surface area contributed by atoms with Gasteiger partial charge in [-0.2, -0.15) is 0 Å². The summed E-state index contributed by atoms with van der Waals surface area (Å²) >= 11 is 7.00. The van der Waals surface area contributed by atoms with E-state index in [1.165, 1.54) is 24.8 Å². The van der Waals surface area contributed by atoms with Gasteiger partial charge in [0.2, 0.25) is 0 Å². The fourth-order valence-corrected chi connectivity index (χ4v) is 3.27. The van der Waals surface area contributed by atoms with Crippen LogP contribution >= 0.6 is 31.9 Å². The third-order valence-corrected chi connectivity index (χ3v) is 5.58.